The minimum atomic E-state index is -0.294. The van der Waals surface area contributed by atoms with E-state index in [-0.39, 0.29) is 11.9 Å². The van der Waals surface area contributed by atoms with Crippen LogP contribution < -0.4 is 10.6 Å². The predicted molar refractivity (Wildman–Crippen MR) is 128 cm³/mol. The van der Waals surface area contributed by atoms with Crippen molar-refractivity contribution in [3.05, 3.63) is 45.8 Å². The van der Waals surface area contributed by atoms with E-state index in [9.17, 15) is 9.59 Å². The van der Waals surface area contributed by atoms with Crippen molar-refractivity contribution < 1.29 is 14.3 Å². The number of nitrogens with zero attached hydrogens (tertiary/aromatic N) is 1. The lowest BCUT2D eigenvalue weighted by Gasteiger charge is -2.16. The summed E-state index contributed by atoms with van der Waals surface area (Å²) in [6.07, 6.45) is 6.26. The molecule has 1 saturated heterocycles. The van der Waals surface area contributed by atoms with Gasteiger partial charge in [0.1, 0.15) is 5.00 Å². The van der Waals surface area contributed by atoms with Gasteiger partial charge >= 0.3 is 5.97 Å². The summed E-state index contributed by atoms with van der Waals surface area (Å²) in [6.45, 7) is 3.82. The molecule has 1 aliphatic carbocycles. The molecule has 31 heavy (non-hydrogen) atoms. The number of fused-ring (bicyclic) bond motifs is 1. The predicted octanol–water partition coefficient (Wildman–Crippen LogP) is 4.85. The number of rotatable bonds is 5. The third-order valence-corrected chi connectivity index (χ3v) is 7.07. The summed E-state index contributed by atoms with van der Waals surface area (Å²) < 4.78 is 5.30. The second-order valence-corrected chi connectivity index (χ2v) is 9.30. The van der Waals surface area contributed by atoms with Gasteiger partial charge in [0.05, 0.1) is 12.2 Å². The molecule has 2 aliphatic rings. The molecule has 1 amide bonds. The topological polar surface area (TPSA) is 70.7 Å². The summed E-state index contributed by atoms with van der Waals surface area (Å²) in [4.78, 5) is 28.2. The summed E-state index contributed by atoms with van der Waals surface area (Å²) in [5, 5.41) is 7.50. The molecule has 4 rings (SSSR count). The van der Waals surface area contributed by atoms with E-state index < -0.39 is 0 Å². The second kappa shape index (κ2) is 9.78. The molecule has 2 N–H and O–H groups in total. The maximum Gasteiger partial charge on any atom is 0.341 e. The first-order valence-electron chi connectivity index (χ1n) is 10.9. The van der Waals surface area contributed by atoms with Gasteiger partial charge in [-0.25, -0.2) is 4.79 Å². The SMILES string of the molecule is CCOC(=O)c1c(NC(=S)Nc2ccc(C(=O)N3CCCC3)cc2)sc2c1CCCC2. The summed E-state index contributed by atoms with van der Waals surface area (Å²) in [7, 11) is 0. The van der Waals surface area contributed by atoms with Gasteiger partial charge in [0, 0.05) is 29.2 Å². The van der Waals surface area contributed by atoms with E-state index in [4.69, 9.17) is 17.0 Å². The Kier molecular flexibility index (Phi) is 6.87. The van der Waals surface area contributed by atoms with Crippen molar-refractivity contribution in [1.29, 1.82) is 0 Å². The molecule has 0 spiro atoms. The first-order chi connectivity index (χ1) is 15.1. The lowest BCUT2D eigenvalue weighted by atomic mass is 9.95. The molecule has 0 bridgehead atoms. The van der Waals surface area contributed by atoms with E-state index in [0.717, 1.165) is 67.9 Å². The molecule has 164 valence electrons. The third kappa shape index (κ3) is 4.91. The summed E-state index contributed by atoms with van der Waals surface area (Å²) in [5.74, 6) is -0.218. The van der Waals surface area contributed by atoms with Crippen LogP contribution in [0.2, 0.25) is 0 Å². The van der Waals surface area contributed by atoms with Crippen LogP contribution in [-0.2, 0) is 17.6 Å². The first kappa shape index (κ1) is 21.8. The number of esters is 1. The zero-order valence-corrected chi connectivity index (χ0v) is 19.3. The van der Waals surface area contributed by atoms with Gasteiger partial charge in [-0.1, -0.05) is 0 Å². The Morgan fingerprint density at radius 1 is 1.06 bits per heavy atom. The number of likely N-dealkylation sites (tertiary alicyclic amines) is 1. The number of carbonyl (C=O) groups excluding carboxylic acids is 2. The number of carbonyl (C=O) groups is 2. The van der Waals surface area contributed by atoms with Crippen LogP contribution in [0.5, 0.6) is 0 Å². The largest absolute Gasteiger partial charge is 0.462 e. The first-order valence-corrected chi connectivity index (χ1v) is 12.1. The standard InChI is InChI=1S/C23H27N3O3S2/c1-2-29-22(28)19-17-7-3-4-8-18(17)31-20(19)25-23(30)24-16-11-9-15(10-12-16)21(27)26-13-5-6-14-26/h9-12H,2-8,13-14H2,1H3,(H2,24,25,30). The Bertz CT molecular complexity index is 979. The lowest BCUT2D eigenvalue weighted by molar-refractivity contribution is 0.0526. The molecule has 2 aromatic rings. The quantitative estimate of drug-likeness (QED) is 0.494. The van der Waals surface area contributed by atoms with Gasteiger partial charge in [0.25, 0.3) is 5.91 Å². The maximum absolute atomic E-state index is 12.6. The molecule has 0 atom stereocenters. The highest BCUT2D eigenvalue weighted by Gasteiger charge is 2.27. The van der Waals surface area contributed by atoms with Gasteiger partial charge in [-0.15, -0.1) is 11.3 Å². The van der Waals surface area contributed by atoms with E-state index >= 15 is 0 Å². The number of aryl methyl sites for hydroxylation is 1. The van der Waals surface area contributed by atoms with Gasteiger partial charge in [0.15, 0.2) is 5.11 Å². The van der Waals surface area contributed by atoms with E-state index in [2.05, 4.69) is 10.6 Å². The van der Waals surface area contributed by atoms with Crippen molar-refractivity contribution in [1.82, 2.24) is 4.90 Å². The number of anilines is 2. The monoisotopic (exact) mass is 457 g/mol. The zero-order chi connectivity index (χ0) is 21.8. The molecule has 1 aromatic carbocycles. The third-order valence-electron chi connectivity index (χ3n) is 5.66. The molecule has 0 radical (unpaired) electrons. The van der Waals surface area contributed by atoms with E-state index in [1.807, 2.05) is 36.1 Å². The van der Waals surface area contributed by atoms with E-state index in [1.165, 1.54) is 4.88 Å². The number of ether oxygens (including phenoxy) is 1. The van der Waals surface area contributed by atoms with Crippen molar-refractivity contribution >= 4 is 51.2 Å². The van der Waals surface area contributed by atoms with Crippen LogP contribution in [-0.4, -0.2) is 41.6 Å². The normalized spacial score (nSPS) is 15.3. The van der Waals surface area contributed by atoms with Crippen molar-refractivity contribution in [3.8, 4) is 0 Å². The molecule has 1 aromatic heterocycles. The highest BCUT2D eigenvalue weighted by Crippen LogP contribution is 2.38. The van der Waals surface area contributed by atoms with Crippen LogP contribution >= 0.6 is 23.6 Å². The maximum atomic E-state index is 12.6. The van der Waals surface area contributed by atoms with Gasteiger partial charge in [-0.3, -0.25) is 4.79 Å². The van der Waals surface area contributed by atoms with Crippen molar-refractivity contribution in [2.75, 3.05) is 30.3 Å². The Morgan fingerprint density at radius 3 is 2.48 bits per heavy atom. The number of hydrogen-bond donors (Lipinski definition) is 2. The molecule has 2 heterocycles. The zero-order valence-electron chi connectivity index (χ0n) is 17.7. The molecule has 0 saturated carbocycles. The van der Waals surface area contributed by atoms with Crippen molar-refractivity contribution in [3.63, 3.8) is 0 Å². The fraction of sp³-hybridized carbons (Fsp3) is 0.435. The Morgan fingerprint density at radius 2 is 1.77 bits per heavy atom. The van der Waals surface area contributed by atoms with E-state index in [1.54, 1.807) is 11.3 Å². The van der Waals surface area contributed by atoms with Crippen molar-refractivity contribution in [2.24, 2.45) is 0 Å². The molecule has 0 unspecified atom stereocenters. The number of benzene rings is 1. The fourth-order valence-corrected chi connectivity index (χ4v) is 5.70. The molecule has 1 aliphatic heterocycles. The number of hydrogen-bond acceptors (Lipinski definition) is 5. The number of thiocarbonyl (C=S) groups is 1. The summed E-state index contributed by atoms with van der Waals surface area (Å²) >= 11 is 7.08. The van der Waals surface area contributed by atoms with Gasteiger partial charge in [-0.2, -0.15) is 0 Å². The molecule has 1 fully saturated rings. The van der Waals surface area contributed by atoms with Crippen LogP contribution in [0, 0.1) is 0 Å². The van der Waals surface area contributed by atoms with Gasteiger partial charge in [-0.05, 0) is 87.5 Å². The molecule has 8 heteroatoms. The molecule has 6 nitrogen and oxygen atoms in total. The highest BCUT2D eigenvalue weighted by molar-refractivity contribution is 7.80. The molecular weight excluding hydrogens is 430 g/mol. The fourth-order valence-electron chi connectivity index (χ4n) is 4.14. The summed E-state index contributed by atoms with van der Waals surface area (Å²) in [5.41, 5.74) is 3.19. The molecular formula is C23H27N3O3S2. The average Bonchev–Trinajstić information content (AvgIpc) is 3.42. The Balaban J connectivity index is 1.44. The minimum Gasteiger partial charge on any atom is -0.462 e. The minimum absolute atomic E-state index is 0.0768. The Labute approximate surface area is 192 Å². The van der Waals surface area contributed by atoms with Crippen LogP contribution in [0.1, 0.15) is 63.8 Å². The smallest absolute Gasteiger partial charge is 0.341 e. The van der Waals surface area contributed by atoms with Gasteiger partial charge in [0.2, 0.25) is 0 Å². The van der Waals surface area contributed by atoms with Crippen molar-refractivity contribution in [2.45, 2.75) is 45.4 Å². The average molecular weight is 458 g/mol. The Hall–Kier alpha value is -2.45. The number of thiophene rings is 1. The second-order valence-electron chi connectivity index (χ2n) is 7.79. The van der Waals surface area contributed by atoms with Crippen LogP contribution in [0.15, 0.2) is 24.3 Å². The van der Waals surface area contributed by atoms with Crippen LogP contribution in [0.4, 0.5) is 10.7 Å². The number of nitrogens with one attached hydrogen (secondary N) is 2. The number of amides is 1. The van der Waals surface area contributed by atoms with Crippen LogP contribution in [0.25, 0.3) is 0 Å². The lowest BCUT2D eigenvalue weighted by Crippen LogP contribution is -2.27. The highest BCUT2D eigenvalue weighted by atomic mass is 32.1. The van der Waals surface area contributed by atoms with Crippen LogP contribution in [0.3, 0.4) is 0 Å². The summed E-state index contributed by atoms with van der Waals surface area (Å²) in [6, 6.07) is 7.34. The van der Waals surface area contributed by atoms with Gasteiger partial charge < -0.3 is 20.3 Å². The van der Waals surface area contributed by atoms with E-state index in [0.29, 0.717) is 22.8 Å².